The molecule has 2 aromatic heterocycles. The number of halogens is 2. The van der Waals surface area contributed by atoms with Gasteiger partial charge in [-0.15, -0.1) is 5.10 Å². The lowest BCUT2D eigenvalue weighted by Gasteiger charge is -2.04. The van der Waals surface area contributed by atoms with Crippen LogP contribution in [0.25, 0.3) is 16.6 Å². The molecule has 118 valence electrons. The molecule has 0 amide bonds. The molecule has 4 rings (SSSR count). The van der Waals surface area contributed by atoms with Gasteiger partial charge in [0, 0.05) is 17.2 Å². The Kier molecular flexibility index (Phi) is 3.46. The van der Waals surface area contributed by atoms with E-state index in [1.807, 2.05) is 31.2 Å². The van der Waals surface area contributed by atoms with Crippen LogP contribution >= 0.6 is 11.6 Å². The maximum absolute atomic E-state index is 13.2. The first-order valence-corrected chi connectivity index (χ1v) is 7.60. The molecule has 0 aliphatic rings. The van der Waals surface area contributed by atoms with Crippen molar-refractivity contribution in [2.24, 2.45) is 4.99 Å². The lowest BCUT2D eigenvalue weighted by Crippen LogP contribution is -1.96. The zero-order valence-electron chi connectivity index (χ0n) is 12.6. The van der Waals surface area contributed by atoms with Gasteiger partial charge in [-0.2, -0.15) is 4.52 Å². The molecular formula is C17H11ClFN5. The van der Waals surface area contributed by atoms with Crippen LogP contribution in [0.1, 0.15) is 11.1 Å². The monoisotopic (exact) mass is 339 g/mol. The van der Waals surface area contributed by atoms with E-state index >= 15 is 0 Å². The number of rotatable bonds is 2. The predicted molar refractivity (Wildman–Crippen MR) is 91.7 cm³/mol. The Balaban J connectivity index is 1.86. The maximum Gasteiger partial charge on any atom is 0.188 e. The second-order valence-corrected chi connectivity index (χ2v) is 5.84. The summed E-state index contributed by atoms with van der Waals surface area (Å²) in [4.78, 5) is 4.35. The number of fused-ring (bicyclic) bond motifs is 3. The first-order chi connectivity index (χ1) is 11.6. The molecule has 7 heteroatoms. The van der Waals surface area contributed by atoms with E-state index in [1.54, 1.807) is 16.8 Å². The first-order valence-electron chi connectivity index (χ1n) is 7.22. The molecule has 0 fully saturated rings. The molecule has 0 aliphatic carbocycles. The SMILES string of the molecule is Cc1ccc2cc(C=Nc3ccc(F)c(Cl)c3)c3nnnn3c2c1. The molecule has 5 nitrogen and oxygen atoms in total. The number of tetrazole rings is 1. The van der Waals surface area contributed by atoms with Crippen LogP contribution in [0.2, 0.25) is 5.02 Å². The first kappa shape index (κ1) is 14.7. The van der Waals surface area contributed by atoms with Crippen molar-refractivity contribution in [3.63, 3.8) is 0 Å². The van der Waals surface area contributed by atoms with E-state index in [1.165, 1.54) is 12.1 Å². The number of nitrogens with zero attached hydrogens (tertiary/aromatic N) is 5. The van der Waals surface area contributed by atoms with Crippen molar-refractivity contribution >= 4 is 40.1 Å². The molecule has 24 heavy (non-hydrogen) atoms. The standard InChI is InChI=1S/C17H11ClFN5/c1-10-2-3-11-7-12(17-21-22-23-24(17)16(11)6-10)9-20-13-4-5-15(19)14(18)8-13/h2-9H,1H3. The minimum Gasteiger partial charge on any atom is -0.256 e. The summed E-state index contributed by atoms with van der Waals surface area (Å²) in [5.41, 5.74) is 3.97. The minimum atomic E-state index is -0.472. The van der Waals surface area contributed by atoms with Crippen LogP contribution in [0.3, 0.4) is 0 Å². The summed E-state index contributed by atoms with van der Waals surface area (Å²) in [6.07, 6.45) is 1.65. The Hall–Kier alpha value is -2.86. The van der Waals surface area contributed by atoms with Crippen molar-refractivity contribution in [2.75, 3.05) is 0 Å². The molecule has 2 heterocycles. The molecule has 0 aliphatic heterocycles. The van der Waals surface area contributed by atoms with Crippen molar-refractivity contribution in [3.8, 4) is 0 Å². The van der Waals surface area contributed by atoms with Crippen LogP contribution in [0.15, 0.2) is 47.5 Å². The number of hydrogen-bond donors (Lipinski definition) is 0. The number of aryl methyl sites for hydroxylation is 1. The number of aliphatic imine (C=N–C) groups is 1. The average Bonchev–Trinajstić information content (AvgIpc) is 3.06. The summed E-state index contributed by atoms with van der Waals surface area (Å²) >= 11 is 5.78. The zero-order chi connectivity index (χ0) is 16.7. The van der Waals surface area contributed by atoms with E-state index in [0.717, 1.165) is 22.0 Å². The van der Waals surface area contributed by atoms with E-state index < -0.39 is 5.82 Å². The summed E-state index contributed by atoms with van der Waals surface area (Å²) in [6.45, 7) is 2.02. The molecule has 0 saturated heterocycles. The third kappa shape index (κ3) is 2.51. The summed E-state index contributed by atoms with van der Waals surface area (Å²) in [5, 5.41) is 12.9. The topological polar surface area (TPSA) is 55.4 Å². The van der Waals surface area contributed by atoms with Crippen molar-refractivity contribution in [1.29, 1.82) is 0 Å². The average molecular weight is 340 g/mol. The highest BCUT2D eigenvalue weighted by molar-refractivity contribution is 6.31. The summed E-state index contributed by atoms with van der Waals surface area (Å²) in [7, 11) is 0. The Labute approximate surface area is 141 Å². The highest BCUT2D eigenvalue weighted by Gasteiger charge is 2.09. The fraction of sp³-hybridized carbons (Fsp3) is 0.0588. The normalized spacial score (nSPS) is 11.8. The molecule has 0 atom stereocenters. The second-order valence-electron chi connectivity index (χ2n) is 5.43. The van der Waals surface area contributed by atoms with Crippen LogP contribution in [0.4, 0.5) is 10.1 Å². The van der Waals surface area contributed by atoms with Crippen LogP contribution < -0.4 is 0 Å². The van der Waals surface area contributed by atoms with Gasteiger partial charge in [-0.05, 0) is 53.2 Å². The fourth-order valence-electron chi connectivity index (χ4n) is 2.53. The van der Waals surface area contributed by atoms with Gasteiger partial charge in [-0.1, -0.05) is 23.7 Å². The van der Waals surface area contributed by atoms with Gasteiger partial charge in [0.1, 0.15) is 5.82 Å². The van der Waals surface area contributed by atoms with E-state index in [4.69, 9.17) is 11.6 Å². The number of pyridine rings is 1. The minimum absolute atomic E-state index is 0.0351. The number of benzene rings is 2. The van der Waals surface area contributed by atoms with Gasteiger partial charge < -0.3 is 0 Å². The van der Waals surface area contributed by atoms with Crippen molar-refractivity contribution < 1.29 is 4.39 Å². The summed E-state index contributed by atoms with van der Waals surface area (Å²) in [6, 6.07) is 12.3. The Morgan fingerprint density at radius 2 is 2.04 bits per heavy atom. The largest absolute Gasteiger partial charge is 0.256 e. The molecular weight excluding hydrogens is 329 g/mol. The predicted octanol–water partition coefficient (Wildman–Crippen LogP) is 4.13. The van der Waals surface area contributed by atoms with Gasteiger partial charge in [0.2, 0.25) is 0 Å². The summed E-state index contributed by atoms with van der Waals surface area (Å²) in [5.74, 6) is -0.472. The second kappa shape index (κ2) is 5.65. The summed E-state index contributed by atoms with van der Waals surface area (Å²) < 4.78 is 14.9. The highest BCUT2D eigenvalue weighted by atomic mass is 35.5. The van der Waals surface area contributed by atoms with E-state index in [2.05, 4.69) is 20.5 Å². The van der Waals surface area contributed by atoms with Gasteiger partial charge in [0.25, 0.3) is 0 Å². The van der Waals surface area contributed by atoms with Gasteiger partial charge in [0.15, 0.2) is 5.65 Å². The van der Waals surface area contributed by atoms with Gasteiger partial charge >= 0.3 is 0 Å². The molecule has 0 N–H and O–H groups in total. The Morgan fingerprint density at radius 1 is 1.17 bits per heavy atom. The van der Waals surface area contributed by atoms with Crippen LogP contribution in [0.5, 0.6) is 0 Å². The third-order valence-electron chi connectivity index (χ3n) is 3.71. The lowest BCUT2D eigenvalue weighted by atomic mass is 10.1. The van der Waals surface area contributed by atoms with Crippen LogP contribution in [-0.2, 0) is 0 Å². The van der Waals surface area contributed by atoms with Gasteiger partial charge in [-0.25, -0.2) is 4.39 Å². The molecule has 4 aromatic rings. The Bertz CT molecular complexity index is 1100. The third-order valence-corrected chi connectivity index (χ3v) is 4.00. The molecule has 0 saturated carbocycles. The lowest BCUT2D eigenvalue weighted by molar-refractivity contribution is 0.628. The van der Waals surface area contributed by atoms with Crippen molar-refractivity contribution in [1.82, 2.24) is 20.0 Å². The van der Waals surface area contributed by atoms with Gasteiger partial charge in [-0.3, -0.25) is 4.99 Å². The van der Waals surface area contributed by atoms with Crippen molar-refractivity contribution in [2.45, 2.75) is 6.92 Å². The molecule has 0 bridgehead atoms. The molecule has 2 aromatic carbocycles. The van der Waals surface area contributed by atoms with Crippen molar-refractivity contribution in [3.05, 3.63) is 64.4 Å². The van der Waals surface area contributed by atoms with E-state index in [9.17, 15) is 4.39 Å². The molecule has 0 spiro atoms. The smallest absolute Gasteiger partial charge is 0.188 e. The van der Waals surface area contributed by atoms with Crippen LogP contribution in [0, 0.1) is 12.7 Å². The number of hydrogen-bond acceptors (Lipinski definition) is 4. The number of aromatic nitrogens is 4. The fourth-order valence-corrected chi connectivity index (χ4v) is 2.70. The van der Waals surface area contributed by atoms with E-state index in [-0.39, 0.29) is 5.02 Å². The van der Waals surface area contributed by atoms with Gasteiger partial charge in [0.05, 0.1) is 16.2 Å². The Morgan fingerprint density at radius 3 is 2.88 bits per heavy atom. The zero-order valence-corrected chi connectivity index (χ0v) is 13.4. The molecule has 0 radical (unpaired) electrons. The van der Waals surface area contributed by atoms with E-state index in [0.29, 0.717) is 11.3 Å². The van der Waals surface area contributed by atoms with Crippen LogP contribution in [-0.4, -0.2) is 26.3 Å². The quantitative estimate of drug-likeness (QED) is 0.516. The maximum atomic E-state index is 13.2. The highest BCUT2D eigenvalue weighted by Crippen LogP contribution is 2.23. The molecule has 0 unspecified atom stereocenters.